The van der Waals surface area contributed by atoms with Crippen molar-refractivity contribution in [2.45, 2.75) is 43.6 Å². The number of aromatic hydroxyl groups is 1. The van der Waals surface area contributed by atoms with Crippen molar-refractivity contribution in [3.63, 3.8) is 0 Å². The van der Waals surface area contributed by atoms with Crippen molar-refractivity contribution in [1.82, 2.24) is 15.3 Å². The Labute approximate surface area is 169 Å². The number of rotatable bonds is 7. The maximum absolute atomic E-state index is 12.8. The summed E-state index contributed by atoms with van der Waals surface area (Å²) in [7, 11) is 0. The van der Waals surface area contributed by atoms with Crippen LogP contribution in [0.2, 0.25) is 0 Å². The van der Waals surface area contributed by atoms with Crippen molar-refractivity contribution in [3.05, 3.63) is 65.9 Å². The number of nitrogens with zero attached hydrogens (tertiary/aromatic N) is 1. The van der Waals surface area contributed by atoms with E-state index in [4.69, 9.17) is 0 Å². The Morgan fingerprint density at radius 3 is 2.50 bits per heavy atom. The number of hydrogen-bond donors (Lipinski definition) is 3. The van der Waals surface area contributed by atoms with Gasteiger partial charge in [0.25, 0.3) is 0 Å². The highest BCUT2D eigenvalue weighted by molar-refractivity contribution is 8.00. The molecule has 5 nitrogen and oxygen atoms in total. The molecule has 0 saturated carbocycles. The van der Waals surface area contributed by atoms with Crippen LogP contribution in [0.5, 0.6) is 5.75 Å². The molecule has 6 heteroatoms. The smallest absolute Gasteiger partial charge is 0.234 e. The zero-order chi connectivity index (χ0) is 20.1. The number of thioether (sulfide) groups is 1. The normalized spacial score (nSPS) is 13.1. The average Bonchev–Trinajstić information content (AvgIpc) is 3.07. The summed E-state index contributed by atoms with van der Waals surface area (Å²) in [5.74, 6) is 0.228. The van der Waals surface area contributed by atoms with Crippen LogP contribution in [-0.4, -0.2) is 26.2 Å². The average molecular weight is 396 g/mol. The minimum absolute atomic E-state index is 0.00379. The molecule has 28 heavy (non-hydrogen) atoms. The number of aryl methyl sites for hydroxylation is 1. The van der Waals surface area contributed by atoms with E-state index in [0.717, 1.165) is 27.7 Å². The van der Waals surface area contributed by atoms with E-state index in [1.165, 1.54) is 11.8 Å². The number of phenolic OH excluding ortho intramolecular Hbond substituents is 1. The van der Waals surface area contributed by atoms with E-state index >= 15 is 0 Å². The van der Waals surface area contributed by atoms with Gasteiger partial charge in [-0.15, -0.1) is 0 Å². The van der Waals surface area contributed by atoms with Crippen LogP contribution in [0.1, 0.15) is 37.6 Å². The third-order valence-corrected chi connectivity index (χ3v) is 5.83. The summed E-state index contributed by atoms with van der Waals surface area (Å²) in [6.07, 6.45) is 0.701. The van der Waals surface area contributed by atoms with Crippen LogP contribution in [0.15, 0.2) is 59.8 Å². The summed E-state index contributed by atoms with van der Waals surface area (Å²) in [5, 5.41) is 13.1. The van der Waals surface area contributed by atoms with Gasteiger partial charge in [0, 0.05) is 11.3 Å². The lowest BCUT2D eigenvalue weighted by Crippen LogP contribution is -2.34. The lowest BCUT2D eigenvalue weighted by atomic mass is 10.1. The first-order valence-corrected chi connectivity index (χ1v) is 10.2. The zero-order valence-corrected chi connectivity index (χ0v) is 17.1. The molecule has 2 aromatic carbocycles. The zero-order valence-electron chi connectivity index (χ0n) is 16.3. The number of carbonyl (C=O) groups excluding carboxylic acids is 1. The molecule has 0 radical (unpaired) electrons. The van der Waals surface area contributed by atoms with Gasteiger partial charge >= 0.3 is 0 Å². The summed E-state index contributed by atoms with van der Waals surface area (Å²) in [4.78, 5) is 20.7. The Morgan fingerprint density at radius 1 is 1.18 bits per heavy atom. The van der Waals surface area contributed by atoms with Crippen LogP contribution in [0, 0.1) is 6.92 Å². The predicted octanol–water partition coefficient (Wildman–Crippen LogP) is 4.84. The van der Waals surface area contributed by atoms with Gasteiger partial charge in [-0.2, -0.15) is 0 Å². The number of nitrogens with one attached hydrogen (secondary N) is 2. The van der Waals surface area contributed by atoms with Gasteiger partial charge in [0.15, 0.2) is 5.16 Å². The highest BCUT2D eigenvalue weighted by Gasteiger charge is 2.22. The molecule has 0 fully saturated rings. The van der Waals surface area contributed by atoms with Crippen LogP contribution in [-0.2, 0) is 4.79 Å². The van der Waals surface area contributed by atoms with Crippen molar-refractivity contribution in [3.8, 4) is 17.0 Å². The number of aromatic amines is 1. The standard InChI is InChI=1S/C22H25N3O2S/c1-4-19(21(27)23-14(2)16-8-6-5-7-9-16)28-22-24-15(3)20(25-22)17-10-12-18(26)13-11-17/h5-14,19,26H,4H2,1-3H3,(H,23,27)(H,24,25)/t14-,19-/m1/s1. The molecule has 0 saturated heterocycles. The van der Waals surface area contributed by atoms with Gasteiger partial charge in [-0.1, -0.05) is 49.0 Å². The molecule has 3 N–H and O–H groups in total. The minimum atomic E-state index is -0.232. The van der Waals surface area contributed by atoms with Gasteiger partial charge in [-0.3, -0.25) is 4.79 Å². The highest BCUT2D eigenvalue weighted by Crippen LogP contribution is 2.29. The number of benzene rings is 2. The monoisotopic (exact) mass is 395 g/mol. The SMILES string of the molecule is CC[C@@H](Sc1nc(-c2ccc(O)cc2)c(C)[nH]1)C(=O)N[C@H](C)c1ccccc1. The summed E-state index contributed by atoms with van der Waals surface area (Å²) in [5.41, 5.74) is 3.77. The Hall–Kier alpha value is -2.73. The van der Waals surface area contributed by atoms with E-state index in [-0.39, 0.29) is 22.9 Å². The lowest BCUT2D eigenvalue weighted by molar-refractivity contribution is -0.121. The third kappa shape index (κ3) is 4.75. The molecule has 1 amide bonds. The van der Waals surface area contributed by atoms with E-state index in [1.807, 2.05) is 63.2 Å². The van der Waals surface area contributed by atoms with Crippen LogP contribution in [0.4, 0.5) is 0 Å². The minimum Gasteiger partial charge on any atom is -0.508 e. The first-order chi connectivity index (χ1) is 13.5. The van der Waals surface area contributed by atoms with E-state index < -0.39 is 0 Å². The molecule has 1 aromatic heterocycles. The second-order valence-electron chi connectivity index (χ2n) is 6.72. The van der Waals surface area contributed by atoms with Gasteiger partial charge in [0.1, 0.15) is 5.75 Å². The van der Waals surface area contributed by atoms with E-state index in [9.17, 15) is 9.90 Å². The summed E-state index contributed by atoms with van der Waals surface area (Å²) in [6.45, 7) is 5.95. The van der Waals surface area contributed by atoms with Gasteiger partial charge < -0.3 is 15.4 Å². The van der Waals surface area contributed by atoms with Gasteiger partial charge in [-0.25, -0.2) is 4.98 Å². The topological polar surface area (TPSA) is 78.0 Å². The quantitative estimate of drug-likeness (QED) is 0.500. The van der Waals surface area contributed by atoms with Crippen LogP contribution in [0.3, 0.4) is 0 Å². The van der Waals surface area contributed by atoms with Crippen molar-refractivity contribution < 1.29 is 9.90 Å². The Bertz CT molecular complexity index is 923. The van der Waals surface area contributed by atoms with Crippen LogP contribution >= 0.6 is 11.8 Å². The van der Waals surface area contributed by atoms with Gasteiger partial charge in [-0.05, 0) is 50.1 Å². The van der Waals surface area contributed by atoms with Gasteiger partial charge in [0.05, 0.1) is 17.0 Å². The van der Waals surface area contributed by atoms with Crippen molar-refractivity contribution in [2.24, 2.45) is 0 Å². The molecule has 0 aliphatic heterocycles. The first-order valence-electron chi connectivity index (χ1n) is 9.36. The number of hydrogen-bond acceptors (Lipinski definition) is 4. The second kappa shape index (κ2) is 8.97. The molecular weight excluding hydrogens is 370 g/mol. The first kappa shape index (κ1) is 20.0. The predicted molar refractivity (Wildman–Crippen MR) is 113 cm³/mol. The molecule has 146 valence electrons. The number of aromatic nitrogens is 2. The maximum atomic E-state index is 12.8. The molecule has 0 unspecified atom stereocenters. The third-order valence-electron chi connectivity index (χ3n) is 4.58. The molecule has 2 atom stereocenters. The fourth-order valence-corrected chi connectivity index (χ4v) is 3.94. The number of H-pyrrole nitrogens is 1. The van der Waals surface area contributed by atoms with Crippen LogP contribution < -0.4 is 5.32 Å². The number of carbonyl (C=O) groups is 1. The molecule has 1 heterocycles. The van der Waals surface area contributed by atoms with E-state index in [0.29, 0.717) is 6.42 Å². The number of phenols is 1. The summed E-state index contributed by atoms with van der Waals surface area (Å²) >= 11 is 1.44. The molecule has 0 bridgehead atoms. The molecule has 0 spiro atoms. The summed E-state index contributed by atoms with van der Waals surface area (Å²) < 4.78 is 0. The fraction of sp³-hybridized carbons (Fsp3) is 0.273. The second-order valence-corrected chi connectivity index (χ2v) is 7.91. The van der Waals surface area contributed by atoms with E-state index in [2.05, 4.69) is 15.3 Å². The molecule has 3 rings (SSSR count). The Morgan fingerprint density at radius 2 is 1.86 bits per heavy atom. The lowest BCUT2D eigenvalue weighted by Gasteiger charge is -2.18. The number of amides is 1. The summed E-state index contributed by atoms with van der Waals surface area (Å²) in [6, 6.07) is 16.8. The van der Waals surface area contributed by atoms with Crippen molar-refractivity contribution in [1.29, 1.82) is 0 Å². The molecule has 0 aliphatic carbocycles. The highest BCUT2D eigenvalue weighted by atomic mass is 32.2. The van der Waals surface area contributed by atoms with E-state index in [1.54, 1.807) is 12.1 Å². The number of imidazole rings is 1. The largest absolute Gasteiger partial charge is 0.508 e. The molecule has 0 aliphatic rings. The fourth-order valence-electron chi connectivity index (χ4n) is 2.98. The Kier molecular flexibility index (Phi) is 6.41. The van der Waals surface area contributed by atoms with Crippen molar-refractivity contribution >= 4 is 17.7 Å². The van der Waals surface area contributed by atoms with Gasteiger partial charge in [0.2, 0.25) is 5.91 Å². The Balaban J connectivity index is 1.70. The van der Waals surface area contributed by atoms with Crippen LogP contribution in [0.25, 0.3) is 11.3 Å². The molecule has 3 aromatic rings. The van der Waals surface area contributed by atoms with Crippen molar-refractivity contribution in [2.75, 3.05) is 0 Å². The molecular formula is C22H25N3O2S. The maximum Gasteiger partial charge on any atom is 0.234 e.